The first-order valence-corrected chi connectivity index (χ1v) is 5.71. The van der Waals surface area contributed by atoms with E-state index < -0.39 is 5.97 Å². The fraction of sp³-hybridized carbons (Fsp3) is 0.214. The molecule has 0 heterocycles. The quantitative estimate of drug-likeness (QED) is 0.389. The fourth-order valence-electron chi connectivity index (χ4n) is 1.39. The van der Waals surface area contributed by atoms with Gasteiger partial charge in [-0.15, -0.1) is 0 Å². The SMILES string of the molecule is CCOC(=O)/C(C(C#N)=Nc1ccccc1)=C(/C)O. The topological polar surface area (TPSA) is 82.7 Å². The Morgan fingerprint density at radius 3 is 2.53 bits per heavy atom. The predicted octanol–water partition coefficient (Wildman–Crippen LogP) is 2.68. The number of carbonyl (C=O) groups is 1. The third-order valence-electron chi connectivity index (χ3n) is 2.18. The van der Waals surface area contributed by atoms with Gasteiger partial charge in [0.2, 0.25) is 0 Å². The summed E-state index contributed by atoms with van der Waals surface area (Å²) in [6, 6.07) is 10.5. The van der Waals surface area contributed by atoms with E-state index in [9.17, 15) is 9.90 Å². The van der Waals surface area contributed by atoms with Gasteiger partial charge in [-0.2, -0.15) is 5.26 Å². The highest BCUT2D eigenvalue weighted by atomic mass is 16.5. The molecule has 1 aromatic carbocycles. The molecule has 0 atom stereocenters. The standard InChI is InChI=1S/C14H14N2O3/c1-3-19-14(18)13(10(2)17)12(9-15)16-11-7-5-4-6-8-11/h4-8,17H,3H2,1-2H3/b13-10-,16-12?. The van der Waals surface area contributed by atoms with Gasteiger partial charge >= 0.3 is 5.97 Å². The number of aliphatic imine (C=N–C) groups is 1. The molecule has 0 saturated carbocycles. The van der Waals surface area contributed by atoms with Gasteiger partial charge in [-0.05, 0) is 26.0 Å². The van der Waals surface area contributed by atoms with E-state index in [4.69, 9.17) is 10.00 Å². The second-order valence-corrected chi connectivity index (χ2v) is 3.59. The average Bonchev–Trinajstić information content (AvgIpc) is 2.39. The molecular weight excluding hydrogens is 244 g/mol. The summed E-state index contributed by atoms with van der Waals surface area (Å²) < 4.78 is 4.80. The number of nitriles is 1. The van der Waals surface area contributed by atoms with Gasteiger partial charge in [0.1, 0.15) is 17.4 Å². The summed E-state index contributed by atoms with van der Waals surface area (Å²) in [7, 11) is 0. The van der Waals surface area contributed by atoms with Crippen LogP contribution in [0.3, 0.4) is 0 Å². The molecule has 1 rings (SSSR count). The highest BCUT2D eigenvalue weighted by Crippen LogP contribution is 2.15. The minimum absolute atomic E-state index is 0.152. The maximum atomic E-state index is 11.7. The smallest absolute Gasteiger partial charge is 0.344 e. The van der Waals surface area contributed by atoms with Crippen molar-refractivity contribution in [2.45, 2.75) is 13.8 Å². The molecule has 0 spiro atoms. The first kappa shape index (κ1) is 14.5. The van der Waals surface area contributed by atoms with Gasteiger partial charge in [-0.25, -0.2) is 9.79 Å². The summed E-state index contributed by atoms with van der Waals surface area (Å²) in [6.45, 7) is 3.10. The third-order valence-corrected chi connectivity index (χ3v) is 2.18. The van der Waals surface area contributed by atoms with Crippen LogP contribution in [0.4, 0.5) is 5.69 Å². The van der Waals surface area contributed by atoms with Crippen LogP contribution in [0.25, 0.3) is 0 Å². The molecule has 0 aliphatic rings. The van der Waals surface area contributed by atoms with E-state index in [1.54, 1.807) is 37.3 Å². The van der Waals surface area contributed by atoms with E-state index in [-0.39, 0.29) is 23.7 Å². The minimum atomic E-state index is -0.765. The van der Waals surface area contributed by atoms with Crippen LogP contribution in [0.5, 0.6) is 0 Å². The lowest BCUT2D eigenvalue weighted by Gasteiger charge is -2.06. The molecule has 19 heavy (non-hydrogen) atoms. The van der Waals surface area contributed by atoms with Crippen molar-refractivity contribution in [2.75, 3.05) is 6.61 Å². The van der Waals surface area contributed by atoms with E-state index in [1.807, 2.05) is 6.07 Å². The number of benzene rings is 1. The Morgan fingerprint density at radius 1 is 1.42 bits per heavy atom. The third kappa shape index (κ3) is 3.96. The molecule has 0 amide bonds. The zero-order chi connectivity index (χ0) is 14.3. The number of esters is 1. The molecule has 1 N–H and O–H groups in total. The van der Waals surface area contributed by atoms with Crippen molar-refractivity contribution >= 4 is 17.4 Å². The van der Waals surface area contributed by atoms with Crippen LogP contribution < -0.4 is 0 Å². The molecule has 98 valence electrons. The van der Waals surface area contributed by atoms with Gasteiger partial charge in [0.15, 0.2) is 5.71 Å². The van der Waals surface area contributed by atoms with Gasteiger partial charge in [0.05, 0.1) is 12.3 Å². The number of hydrogen-bond acceptors (Lipinski definition) is 5. The molecule has 0 aliphatic heterocycles. The molecule has 0 aromatic heterocycles. The Bertz CT molecular complexity index is 550. The summed E-state index contributed by atoms with van der Waals surface area (Å²) in [5.41, 5.74) is 0.125. The Balaban J connectivity index is 3.21. The van der Waals surface area contributed by atoms with Gasteiger partial charge in [-0.1, -0.05) is 18.2 Å². The maximum Gasteiger partial charge on any atom is 0.344 e. The van der Waals surface area contributed by atoms with E-state index in [0.29, 0.717) is 5.69 Å². The van der Waals surface area contributed by atoms with E-state index in [2.05, 4.69) is 4.99 Å². The number of rotatable bonds is 4. The highest BCUT2D eigenvalue weighted by molar-refractivity contribution is 6.27. The average molecular weight is 258 g/mol. The van der Waals surface area contributed by atoms with Crippen molar-refractivity contribution in [3.05, 3.63) is 41.7 Å². The van der Waals surface area contributed by atoms with Crippen molar-refractivity contribution in [3.8, 4) is 6.07 Å². The second-order valence-electron chi connectivity index (χ2n) is 3.59. The molecule has 0 bridgehead atoms. The fourth-order valence-corrected chi connectivity index (χ4v) is 1.39. The lowest BCUT2D eigenvalue weighted by Crippen LogP contribution is -2.16. The van der Waals surface area contributed by atoms with Crippen LogP contribution in [0.1, 0.15) is 13.8 Å². The number of para-hydroxylation sites is 1. The first-order valence-electron chi connectivity index (χ1n) is 5.71. The van der Waals surface area contributed by atoms with Crippen molar-refractivity contribution < 1.29 is 14.6 Å². The van der Waals surface area contributed by atoms with Crippen molar-refractivity contribution in [2.24, 2.45) is 4.99 Å². The first-order chi connectivity index (χ1) is 9.10. The van der Waals surface area contributed by atoms with Crippen LogP contribution in [-0.2, 0) is 9.53 Å². The van der Waals surface area contributed by atoms with Crippen LogP contribution in [0.2, 0.25) is 0 Å². The number of ether oxygens (including phenoxy) is 1. The predicted molar refractivity (Wildman–Crippen MR) is 71.1 cm³/mol. The van der Waals surface area contributed by atoms with Crippen LogP contribution in [0.15, 0.2) is 46.7 Å². The summed E-state index contributed by atoms with van der Waals surface area (Å²) in [4.78, 5) is 15.7. The molecule has 5 heteroatoms. The van der Waals surface area contributed by atoms with Crippen molar-refractivity contribution in [1.29, 1.82) is 5.26 Å². The zero-order valence-electron chi connectivity index (χ0n) is 10.8. The number of aliphatic hydroxyl groups excluding tert-OH is 1. The lowest BCUT2D eigenvalue weighted by molar-refractivity contribution is -0.138. The molecule has 0 aliphatic carbocycles. The van der Waals surface area contributed by atoms with Crippen LogP contribution in [-0.4, -0.2) is 23.4 Å². The molecule has 0 fully saturated rings. The maximum absolute atomic E-state index is 11.7. The van der Waals surface area contributed by atoms with Crippen LogP contribution >= 0.6 is 0 Å². The zero-order valence-corrected chi connectivity index (χ0v) is 10.8. The largest absolute Gasteiger partial charge is 0.512 e. The minimum Gasteiger partial charge on any atom is -0.512 e. The summed E-state index contributed by atoms with van der Waals surface area (Å²) in [5.74, 6) is -1.06. The molecule has 5 nitrogen and oxygen atoms in total. The molecule has 0 radical (unpaired) electrons. The second kappa shape index (κ2) is 6.97. The van der Waals surface area contributed by atoms with Crippen molar-refractivity contribution in [3.63, 3.8) is 0 Å². The highest BCUT2D eigenvalue weighted by Gasteiger charge is 2.21. The summed E-state index contributed by atoms with van der Waals surface area (Å²) in [5, 5.41) is 18.6. The Labute approximate surface area is 111 Å². The van der Waals surface area contributed by atoms with Gasteiger partial charge < -0.3 is 9.84 Å². The Hall–Kier alpha value is -2.61. The van der Waals surface area contributed by atoms with E-state index >= 15 is 0 Å². The number of allylic oxidation sites excluding steroid dienone is 1. The summed E-state index contributed by atoms with van der Waals surface area (Å²) >= 11 is 0. The monoisotopic (exact) mass is 258 g/mol. The number of hydrogen-bond donors (Lipinski definition) is 1. The summed E-state index contributed by atoms with van der Waals surface area (Å²) in [6.07, 6.45) is 0. The Morgan fingerprint density at radius 2 is 2.05 bits per heavy atom. The van der Waals surface area contributed by atoms with Crippen molar-refractivity contribution in [1.82, 2.24) is 0 Å². The van der Waals surface area contributed by atoms with Crippen LogP contribution in [0, 0.1) is 11.3 Å². The number of carbonyl (C=O) groups excluding carboxylic acids is 1. The number of nitrogens with zero attached hydrogens (tertiary/aromatic N) is 2. The number of aliphatic hydroxyl groups is 1. The normalized spacial score (nSPS) is 12.4. The molecule has 0 saturated heterocycles. The van der Waals surface area contributed by atoms with Gasteiger partial charge in [0, 0.05) is 0 Å². The van der Waals surface area contributed by atoms with Gasteiger partial charge in [0.25, 0.3) is 0 Å². The van der Waals surface area contributed by atoms with Gasteiger partial charge in [-0.3, -0.25) is 0 Å². The van der Waals surface area contributed by atoms with E-state index in [1.165, 1.54) is 6.92 Å². The molecule has 0 unspecified atom stereocenters. The molecular formula is C14H14N2O3. The lowest BCUT2D eigenvalue weighted by atomic mass is 10.1. The van der Waals surface area contributed by atoms with E-state index in [0.717, 1.165) is 0 Å². The Kier molecular flexibility index (Phi) is 5.30. The molecule has 1 aromatic rings.